The third kappa shape index (κ3) is 5.50. The molecule has 6 nitrogen and oxygen atoms in total. The number of nitrogens with zero attached hydrogens (tertiary/aromatic N) is 3. The van der Waals surface area contributed by atoms with Gasteiger partial charge >= 0.3 is 0 Å². The highest BCUT2D eigenvalue weighted by atomic mass is 32.2. The van der Waals surface area contributed by atoms with Crippen molar-refractivity contribution in [3.63, 3.8) is 0 Å². The van der Waals surface area contributed by atoms with Crippen LogP contribution < -0.4 is 0 Å². The molecule has 4 aromatic rings. The summed E-state index contributed by atoms with van der Waals surface area (Å²) in [5, 5.41) is 1.84. The van der Waals surface area contributed by atoms with Crippen LogP contribution in [0.2, 0.25) is 0 Å². The molecule has 38 heavy (non-hydrogen) atoms. The summed E-state index contributed by atoms with van der Waals surface area (Å²) >= 11 is 0. The fraction of sp³-hybridized carbons (Fsp3) is 0.258. The van der Waals surface area contributed by atoms with Crippen LogP contribution in [0, 0.1) is 0 Å². The van der Waals surface area contributed by atoms with Crippen LogP contribution >= 0.6 is 0 Å². The van der Waals surface area contributed by atoms with E-state index in [0.717, 1.165) is 10.8 Å². The van der Waals surface area contributed by atoms with Crippen LogP contribution in [0.25, 0.3) is 10.8 Å². The van der Waals surface area contributed by atoms with Crippen molar-refractivity contribution in [3.8, 4) is 0 Å². The van der Waals surface area contributed by atoms with Gasteiger partial charge in [-0.05, 0) is 34.0 Å². The Kier molecular flexibility index (Phi) is 7.88. The molecule has 0 atom stereocenters. The van der Waals surface area contributed by atoms with Gasteiger partial charge in [-0.25, -0.2) is 8.42 Å². The maximum Gasteiger partial charge on any atom is 0.243 e. The second-order valence-corrected chi connectivity index (χ2v) is 11.5. The Balaban J connectivity index is 1.27. The van der Waals surface area contributed by atoms with E-state index in [9.17, 15) is 13.2 Å². The smallest absolute Gasteiger partial charge is 0.243 e. The van der Waals surface area contributed by atoms with Gasteiger partial charge in [0.05, 0.1) is 17.5 Å². The number of piperazine rings is 1. The first-order valence-corrected chi connectivity index (χ1v) is 14.5. The molecular formula is C31H33N3O3S. The number of carbonyl (C=O) groups excluding carboxylic acids is 1. The van der Waals surface area contributed by atoms with Gasteiger partial charge in [-0.3, -0.25) is 9.69 Å². The van der Waals surface area contributed by atoms with Gasteiger partial charge in [-0.15, -0.1) is 0 Å². The summed E-state index contributed by atoms with van der Waals surface area (Å²) in [7, 11) is -3.80. The van der Waals surface area contributed by atoms with Gasteiger partial charge in [-0.1, -0.05) is 97.9 Å². The number of benzene rings is 4. The Labute approximate surface area is 225 Å². The van der Waals surface area contributed by atoms with E-state index in [0.29, 0.717) is 26.2 Å². The molecule has 0 spiro atoms. The molecule has 1 saturated heterocycles. The van der Waals surface area contributed by atoms with Crippen LogP contribution in [0.15, 0.2) is 108 Å². The van der Waals surface area contributed by atoms with Crippen molar-refractivity contribution in [1.82, 2.24) is 14.1 Å². The van der Waals surface area contributed by atoms with Gasteiger partial charge in [-0.2, -0.15) is 4.31 Å². The topological polar surface area (TPSA) is 60.9 Å². The highest BCUT2D eigenvalue weighted by Gasteiger charge is 2.31. The second-order valence-electron chi connectivity index (χ2n) is 9.58. The minimum absolute atomic E-state index is 0.107. The van der Waals surface area contributed by atoms with Crippen molar-refractivity contribution in [2.24, 2.45) is 0 Å². The Morgan fingerprint density at radius 2 is 1.32 bits per heavy atom. The van der Waals surface area contributed by atoms with Gasteiger partial charge < -0.3 is 4.90 Å². The first-order chi connectivity index (χ1) is 18.5. The van der Waals surface area contributed by atoms with Crippen LogP contribution in [-0.2, 0) is 14.8 Å². The zero-order valence-corrected chi connectivity index (χ0v) is 22.4. The molecular weight excluding hydrogens is 494 g/mol. The fourth-order valence-electron chi connectivity index (χ4n) is 5.21. The molecule has 0 N–H and O–H groups in total. The van der Waals surface area contributed by atoms with Crippen molar-refractivity contribution in [1.29, 1.82) is 0 Å². The van der Waals surface area contributed by atoms with Crippen LogP contribution in [0.4, 0.5) is 0 Å². The van der Waals surface area contributed by atoms with Gasteiger partial charge in [0.15, 0.2) is 0 Å². The van der Waals surface area contributed by atoms with E-state index >= 15 is 0 Å². The van der Waals surface area contributed by atoms with Crippen molar-refractivity contribution in [2.75, 3.05) is 39.3 Å². The second kappa shape index (κ2) is 11.5. The highest BCUT2D eigenvalue weighted by Crippen LogP contribution is 2.29. The number of fused-ring (bicyclic) bond motifs is 1. The molecule has 1 heterocycles. The van der Waals surface area contributed by atoms with Gasteiger partial charge in [0.25, 0.3) is 0 Å². The summed E-state index contributed by atoms with van der Waals surface area (Å²) < 4.78 is 28.1. The normalized spacial score (nSPS) is 14.9. The fourth-order valence-corrected chi connectivity index (χ4v) is 6.64. The summed E-state index contributed by atoms with van der Waals surface area (Å²) in [4.78, 5) is 17.7. The average Bonchev–Trinajstić information content (AvgIpc) is 2.97. The molecule has 0 unspecified atom stereocenters. The average molecular weight is 528 g/mol. The van der Waals surface area contributed by atoms with E-state index in [1.54, 1.807) is 24.0 Å². The lowest BCUT2D eigenvalue weighted by molar-refractivity contribution is -0.133. The number of sulfonamides is 1. The SMILES string of the molecule is CCN(CC(=O)N1CCN(C(c2ccccc2)c2ccccc2)CC1)S(=O)(=O)c1ccc2ccccc2c1. The van der Waals surface area contributed by atoms with Crippen molar-refractivity contribution < 1.29 is 13.2 Å². The summed E-state index contributed by atoms with van der Waals surface area (Å²) in [6.45, 7) is 4.38. The number of likely N-dealkylation sites (N-methyl/N-ethyl adjacent to an activating group) is 1. The molecule has 1 fully saturated rings. The van der Waals surface area contributed by atoms with E-state index in [1.165, 1.54) is 15.4 Å². The summed E-state index contributed by atoms with van der Waals surface area (Å²) in [5.41, 5.74) is 2.44. The minimum atomic E-state index is -3.80. The molecule has 1 amide bonds. The number of amides is 1. The summed E-state index contributed by atoms with van der Waals surface area (Å²) in [5.74, 6) is -0.160. The third-order valence-electron chi connectivity index (χ3n) is 7.29. The molecule has 1 aliphatic rings. The monoisotopic (exact) mass is 527 g/mol. The first-order valence-electron chi connectivity index (χ1n) is 13.1. The number of carbonyl (C=O) groups is 1. The molecule has 7 heteroatoms. The molecule has 0 aromatic heterocycles. The molecule has 0 radical (unpaired) electrons. The summed E-state index contributed by atoms with van der Waals surface area (Å²) in [6.07, 6.45) is 0. The van der Waals surface area contributed by atoms with Gasteiger partial charge in [0.1, 0.15) is 0 Å². The maximum atomic E-state index is 13.4. The Bertz CT molecular complexity index is 1450. The zero-order valence-electron chi connectivity index (χ0n) is 21.6. The number of hydrogen-bond donors (Lipinski definition) is 0. The van der Waals surface area contributed by atoms with E-state index < -0.39 is 10.0 Å². The summed E-state index contributed by atoms with van der Waals surface area (Å²) in [6, 6.07) is 33.7. The number of hydrogen-bond acceptors (Lipinski definition) is 4. The van der Waals surface area contributed by atoms with Crippen LogP contribution in [0.5, 0.6) is 0 Å². The van der Waals surface area contributed by atoms with Gasteiger partial charge in [0.2, 0.25) is 15.9 Å². The van der Waals surface area contributed by atoms with E-state index in [1.807, 2.05) is 42.5 Å². The zero-order chi connectivity index (χ0) is 26.5. The van der Waals surface area contributed by atoms with E-state index in [-0.39, 0.29) is 29.9 Å². The van der Waals surface area contributed by atoms with E-state index in [4.69, 9.17) is 0 Å². The van der Waals surface area contributed by atoms with Crippen LogP contribution in [0.1, 0.15) is 24.1 Å². The minimum Gasteiger partial charge on any atom is -0.339 e. The third-order valence-corrected chi connectivity index (χ3v) is 9.20. The molecule has 4 aromatic carbocycles. The lowest BCUT2D eigenvalue weighted by Gasteiger charge is -2.40. The standard InChI is InChI=1S/C31H33N3O3S/c1-2-34(38(36,37)29-18-17-25-11-9-10-16-28(25)23-29)24-30(35)32-19-21-33(22-20-32)31(26-12-5-3-6-13-26)27-14-7-4-8-15-27/h3-18,23,31H,2,19-22,24H2,1H3. The Morgan fingerprint density at radius 1 is 0.763 bits per heavy atom. The predicted octanol–water partition coefficient (Wildman–Crippen LogP) is 4.78. The van der Waals surface area contributed by atoms with Crippen LogP contribution in [-0.4, -0.2) is 67.7 Å². The molecule has 0 bridgehead atoms. The largest absolute Gasteiger partial charge is 0.339 e. The van der Waals surface area contributed by atoms with Gasteiger partial charge in [0, 0.05) is 32.7 Å². The van der Waals surface area contributed by atoms with Crippen molar-refractivity contribution >= 4 is 26.7 Å². The molecule has 0 saturated carbocycles. The molecule has 0 aliphatic carbocycles. The highest BCUT2D eigenvalue weighted by molar-refractivity contribution is 7.89. The molecule has 5 rings (SSSR count). The van der Waals surface area contributed by atoms with Crippen molar-refractivity contribution in [3.05, 3.63) is 114 Å². The lowest BCUT2D eigenvalue weighted by atomic mass is 9.96. The van der Waals surface area contributed by atoms with Crippen molar-refractivity contribution in [2.45, 2.75) is 17.9 Å². The Hall–Kier alpha value is -3.52. The lowest BCUT2D eigenvalue weighted by Crippen LogP contribution is -2.52. The maximum absolute atomic E-state index is 13.4. The Morgan fingerprint density at radius 3 is 1.89 bits per heavy atom. The van der Waals surface area contributed by atoms with Crippen LogP contribution in [0.3, 0.4) is 0 Å². The number of rotatable bonds is 8. The molecule has 1 aliphatic heterocycles. The predicted molar refractivity (Wildman–Crippen MR) is 151 cm³/mol. The first kappa shape index (κ1) is 26.1. The quantitative estimate of drug-likeness (QED) is 0.331. The van der Waals surface area contributed by atoms with E-state index in [2.05, 4.69) is 53.4 Å². The molecule has 196 valence electrons.